The third-order valence-corrected chi connectivity index (χ3v) is 2.55. The Morgan fingerprint density at radius 3 is 2.39 bits per heavy atom. The van der Waals surface area contributed by atoms with Crippen LogP contribution in [-0.4, -0.2) is 22.5 Å². The number of nitrogens with one attached hydrogen (secondary N) is 1. The van der Waals surface area contributed by atoms with Crippen LogP contribution in [0.5, 0.6) is 0 Å². The fraction of sp³-hybridized carbons (Fsp3) is 0.429. The second kappa shape index (κ2) is 6.19. The van der Waals surface area contributed by atoms with Gasteiger partial charge in [0.2, 0.25) is 5.91 Å². The Balaban J connectivity index is 2.40. The molecule has 0 aliphatic heterocycles. The predicted octanol–water partition coefficient (Wildman–Crippen LogP) is 1.99. The minimum absolute atomic E-state index is 0.0793. The first-order valence-electron chi connectivity index (χ1n) is 5.96. The molecule has 0 saturated carbocycles. The number of aryl methyl sites for hydroxylation is 1. The van der Waals surface area contributed by atoms with Crippen LogP contribution in [0.3, 0.4) is 0 Å². The fourth-order valence-corrected chi connectivity index (χ4v) is 1.76. The molecule has 0 spiro atoms. The quantitative estimate of drug-likeness (QED) is 0.810. The van der Waals surface area contributed by atoms with E-state index in [4.69, 9.17) is 5.11 Å². The molecule has 1 rings (SSSR count). The maximum absolute atomic E-state index is 11.7. The molecule has 18 heavy (non-hydrogen) atoms. The summed E-state index contributed by atoms with van der Waals surface area (Å²) in [4.78, 5) is 22.3. The highest BCUT2D eigenvalue weighted by Gasteiger charge is 2.23. The SMILES string of the molecule is CC(C)(CC(=O)O)NC(=O)CCc1ccccc1. The predicted molar refractivity (Wildman–Crippen MR) is 69.2 cm³/mol. The first kappa shape index (κ1) is 14.2. The molecule has 0 bridgehead atoms. The second-order valence-corrected chi connectivity index (χ2v) is 4.99. The van der Waals surface area contributed by atoms with Crippen LogP contribution in [0.15, 0.2) is 30.3 Å². The summed E-state index contributed by atoms with van der Waals surface area (Å²) in [6.45, 7) is 3.42. The normalized spacial score (nSPS) is 11.0. The molecule has 0 aliphatic rings. The van der Waals surface area contributed by atoms with Gasteiger partial charge in [0.15, 0.2) is 0 Å². The zero-order valence-corrected chi connectivity index (χ0v) is 10.8. The standard InChI is InChI=1S/C14H19NO3/c1-14(2,10-13(17)18)15-12(16)9-8-11-6-4-3-5-7-11/h3-7H,8-10H2,1-2H3,(H,15,16)(H,17,18). The molecule has 0 heterocycles. The lowest BCUT2D eigenvalue weighted by Gasteiger charge is -2.24. The molecule has 98 valence electrons. The summed E-state index contributed by atoms with van der Waals surface area (Å²) in [7, 11) is 0. The van der Waals surface area contributed by atoms with E-state index in [0.29, 0.717) is 12.8 Å². The lowest BCUT2D eigenvalue weighted by atomic mass is 10.00. The van der Waals surface area contributed by atoms with Gasteiger partial charge in [-0.15, -0.1) is 0 Å². The van der Waals surface area contributed by atoms with Crippen LogP contribution < -0.4 is 5.32 Å². The molecule has 4 heteroatoms. The number of hydrogen-bond acceptors (Lipinski definition) is 2. The van der Waals surface area contributed by atoms with Gasteiger partial charge in [-0.1, -0.05) is 30.3 Å². The maximum atomic E-state index is 11.7. The summed E-state index contributed by atoms with van der Waals surface area (Å²) >= 11 is 0. The van der Waals surface area contributed by atoms with Crippen LogP contribution >= 0.6 is 0 Å². The summed E-state index contributed by atoms with van der Waals surface area (Å²) in [5, 5.41) is 11.5. The van der Waals surface area contributed by atoms with Crippen molar-refractivity contribution in [2.24, 2.45) is 0 Å². The van der Waals surface area contributed by atoms with E-state index in [-0.39, 0.29) is 12.3 Å². The molecule has 0 saturated heterocycles. The fourth-order valence-electron chi connectivity index (χ4n) is 1.76. The van der Waals surface area contributed by atoms with E-state index < -0.39 is 11.5 Å². The molecule has 0 fully saturated rings. The number of amides is 1. The second-order valence-electron chi connectivity index (χ2n) is 4.99. The van der Waals surface area contributed by atoms with E-state index in [2.05, 4.69) is 5.32 Å². The summed E-state index contributed by atoms with van der Waals surface area (Å²) in [6.07, 6.45) is 0.951. The average molecular weight is 249 g/mol. The highest BCUT2D eigenvalue weighted by atomic mass is 16.4. The molecule has 0 atom stereocenters. The van der Waals surface area contributed by atoms with Gasteiger partial charge < -0.3 is 10.4 Å². The van der Waals surface area contributed by atoms with E-state index in [1.807, 2.05) is 30.3 Å². The van der Waals surface area contributed by atoms with Crippen molar-refractivity contribution >= 4 is 11.9 Å². The van der Waals surface area contributed by atoms with Crippen molar-refractivity contribution in [1.82, 2.24) is 5.32 Å². The van der Waals surface area contributed by atoms with Crippen molar-refractivity contribution in [2.45, 2.75) is 38.6 Å². The molecule has 0 aliphatic carbocycles. The minimum Gasteiger partial charge on any atom is -0.481 e. The number of carboxylic acid groups (broad SMARTS) is 1. The third-order valence-electron chi connectivity index (χ3n) is 2.55. The smallest absolute Gasteiger partial charge is 0.305 e. The topological polar surface area (TPSA) is 66.4 Å². The Kier molecular flexibility index (Phi) is 4.89. The van der Waals surface area contributed by atoms with Gasteiger partial charge in [0, 0.05) is 12.0 Å². The zero-order valence-electron chi connectivity index (χ0n) is 10.8. The number of carboxylic acids is 1. The van der Waals surface area contributed by atoms with Crippen LogP contribution in [0, 0.1) is 0 Å². The van der Waals surface area contributed by atoms with Crippen LogP contribution in [0.2, 0.25) is 0 Å². The first-order valence-corrected chi connectivity index (χ1v) is 5.96. The summed E-state index contributed by atoms with van der Waals surface area (Å²) in [5.41, 5.74) is 0.392. The lowest BCUT2D eigenvalue weighted by molar-refractivity contribution is -0.138. The molecule has 1 aromatic rings. The van der Waals surface area contributed by atoms with Gasteiger partial charge >= 0.3 is 5.97 Å². The van der Waals surface area contributed by atoms with Crippen LogP contribution in [-0.2, 0) is 16.0 Å². The van der Waals surface area contributed by atoms with Gasteiger partial charge in [-0.25, -0.2) is 0 Å². The Bertz CT molecular complexity index is 412. The maximum Gasteiger partial charge on any atom is 0.305 e. The minimum atomic E-state index is -0.914. The lowest BCUT2D eigenvalue weighted by Crippen LogP contribution is -2.45. The summed E-state index contributed by atoms with van der Waals surface area (Å²) in [5.74, 6) is -1.03. The van der Waals surface area contributed by atoms with E-state index >= 15 is 0 Å². The Labute approximate surface area is 107 Å². The molecule has 0 aromatic heterocycles. The van der Waals surface area contributed by atoms with Gasteiger partial charge in [-0.3, -0.25) is 9.59 Å². The van der Waals surface area contributed by atoms with Crippen molar-refractivity contribution < 1.29 is 14.7 Å². The van der Waals surface area contributed by atoms with Crippen molar-refractivity contribution in [3.05, 3.63) is 35.9 Å². The van der Waals surface area contributed by atoms with E-state index in [1.54, 1.807) is 13.8 Å². The van der Waals surface area contributed by atoms with Crippen molar-refractivity contribution in [2.75, 3.05) is 0 Å². The summed E-state index contributed by atoms with van der Waals surface area (Å²) < 4.78 is 0. The number of aliphatic carboxylic acids is 1. The molecular formula is C14H19NO3. The highest BCUT2D eigenvalue weighted by Crippen LogP contribution is 2.09. The third kappa shape index (κ3) is 5.48. The molecule has 0 radical (unpaired) electrons. The van der Waals surface area contributed by atoms with E-state index in [9.17, 15) is 9.59 Å². The van der Waals surface area contributed by atoms with Crippen LogP contribution in [0.25, 0.3) is 0 Å². The van der Waals surface area contributed by atoms with Crippen molar-refractivity contribution in [3.8, 4) is 0 Å². The Morgan fingerprint density at radius 2 is 1.83 bits per heavy atom. The number of carbonyl (C=O) groups is 2. The van der Waals surface area contributed by atoms with E-state index in [0.717, 1.165) is 5.56 Å². The zero-order chi connectivity index (χ0) is 13.6. The van der Waals surface area contributed by atoms with Crippen molar-refractivity contribution in [1.29, 1.82) is 0 Å². The van der Waals surface area contributed by atoms with Crippen LogP contribution in [0.1, 0.15) is 32.3 Å². The molecule has 4 nitrogen and oxygen atoms in total. The molecule has 2 N–H and O–H groups in total. The van der Waals surface area contributed by atoms with E-state index in [1.165, 1.54) is 0 Å². The highest BCUT2D eigenvalue weighted by molar-refractivity contribution is 5.78. The van der Waals surface area contributed by atoms with Crippen LogP contribution in [0.4, 0.5) is 0 Å². The van der Waals surface area contributed by atoms with Gasteiger partial charge in [-0.2, -0.15) is 0 Å². The van der Waals surface area contributed by atoms with Gasteiger partial charge in [0.05, 0.1) is 6.42 Å². The average Bonchev–Trinajstić information content (AvgIpc) is 2.25. The molecule has 1 amide bonds. The Morgan fingerprint density at radius 1 is 1.22 bits per heavy atom. The van der Waals surface area contributed by atoms with Crippen molar-refractivity contribution in [3.63, 3.8) is 0 Å². The van der Waals surface area contributed by atoms with Gasteiger partial charge in [-0.05, 0) is 25.8 Å². The molecular weight excluding hydrogens is 230 g/mol. The largest absolute Gasteiger partial charge is 0.481 e. The number of benzene rings is 1. The molecule has 0 unspecified atom stereocenters. The summed E-state index contributed by atoms with van der Waals surface area (Å²) in [6, 6.07) is 9.73. The Hall–Kier alpha value is -1.84. The number of rotatable bonds is 6. The first-order chi connectivity index (χ1) is 8.39. The van der Waals surface area contributed by atoms with Gasteiger partial charge in [0.25, 0.3) is 0 Å². The monoisotopic (exact) mass is 249 g/mol. The number of hydrogen-bond donors (Lipinski definition) is 2. The van der Waals surface area contributed by atoms with Gasteiger partial charge in [0.1, 0.15) is 0 Å². The number of carbonyl (C=O) groups excluding carboxylic acids is 1. The molecule has 1 aromatic carbocycles.